The van der Waals surface area contributed by atoms with Gasteiger partial charge in [0.05, 0.1) is 5.92 Å². The van der Waals surface area contributed by atoms with Crippen LogP contribution in [-0.2, 0) is 16.1 Å². The van der Waals surface area contributed by atoms with Gasteiger partial charge in [-0.05, 0) is 56.8 Å². The second-order valence-corrected chi connectivity index (χ2v) is 7.92. The van der Waals surface area contributed by atoms with E-state index in [9.17, 15) is 9.59 Å². The highest BCUT2D eigenvalue weighted by Gasteiger charge is 2.32. The molecular formula is C21H33N5O2. The Kier molecular flexibility index (Phi) is 7.80. The van der Waals surface area contributed by atoms with Crippen molar-refractivity contribution in [2.45, 2.75) is 51.1 Å². The van der Waals surface area contributed by atoms with E-state index in [-0.39, 0.29) is 17.7 Å². The number of aromatic nitrogens is 1. The number of likely N-dealkylation sites (tertiary alicyclic amines) is 2. The zero-order chi connectivity index (χ0) is 19.8. The van der Waals surface area contributed by atoms with Gasteiger partial charge in [-0.25, -0.2) is 0 Å². The van der Waals surface area contributed by atoms with Gasteiger partial charge in [0.25, 0.3) is 0 Å². The molecule has 28 heavy (non-hydrogen) atoms. The molecule has 154 valence electrons. The summed E-state index contributed by atoms with van der Waals surface area (Å²) in [4.78, 5) is 33.3. The van der Waals surface area contributed by atoms with Crippen LogP contribution in [0.25, 0.3) is 0 Å². The Labute approximate surface area is 167 Å². The van der Waals surface area contributed by atoms with Gasteiger partial charge >= 0.3 is 0 Å². The highest BCUT2D eigenvalue weighted by Crippen LogP contribution is 2.24. The molecular weight excluding hydrogens is 354 g/mol. The SMILES string of the molecule is NCCCC(=O)N1CCC(N2CCC[C@H](C(=O)NCc3cccnc3)C2)CC1. The molecule has 1 aromatic rings. The van der Waals surface area contributed by atoms with Crippen LogP contribution in [0.1, 0.15) is 44.1 Å². The maximum absolute atomic E-state index is 12.6. The fraction of sp³-hybridized carbons (Fsp3) is 0.667. The lowest BCUT2D eigenvalue weighted by Crippen LogP contribution is -2.51. The second kappa shape index (κ2) is 10.5. The number of nitrogens with one attached hydrogen (secondary N) is 1. The van der Waals surface area contributed by atoms with Crippen LogP contribution in [0.5, 0.6) is 0 Å². The first kappa shape index (κ1) is 20.7. The van der Waals surface area contributed by atoms with Gasteiger partial charge in [0.1, 0.15) is 0 Å². The van der Waals surface area contributed by atoms with E-state index in [1.807, 2.05) is 17.0 Å². The molecule has 0 spiro atoms. The second-order valence-electron chi connectivity index (χ2n) is 7.92. The van der Waals surface area contributed by atoms with Gasteiger partial charge in [0, 0.05) is 51.0 Å². The van der Waals surface area contributed by atoms with Crippen molar-refractivity contribution in [3.05, 3.63) is 30.1 Å². The van der Waals surface area contributed by atoms with E-state index in [0.717, 1.165) is 63.8 Å². The number of carbonyl (C=O) groups is 2. The molecule has 3 heterocycles. The smallest absolute Gasteiger partial charge is 0.224 e. The molecule has 0 aromatic carbocycles. The topological polar surface area (TPSA) is 91.6 Å². The number of rotatable bonds is 7. The Morgan fingerprint density at radius 3 is 2.75 bits per heavy atom. The molecule has 7 nitrogen and oxygen atoms in total. The van der Waals surface area contributed by atoms with Crippen molar-refractivity contribution in [1.29, 1.82) is 0 Å². The largest absolute Gasteiger partial charge is 0.352 e. The monoisotopic (exact) mass is 387 g/mol. The standard InChI is InChI=1S/C21H33N5O2/c22-9-1-6-20(27)25-12-7-19(8-13-25)26-11-3-5-18(16-26)21(28)24-15-17-4-2-10-23-14-17/h2,4,10,14,18-19H,1,3,5-9,11-13,15-16,22H2,(H,24,28)/t18-/m0/s1. The van der Waals surface area contributed by atoms with Gasteiger partial charge < -0.3 is 16.0 Å². The van der Waals surface area contributed by atoms with Crippen molar-refractivity contribution in [2.24, 2.45) is 11.7 Å². The summed E-state index contributed by atoms with van der Waals surface area (Å²) in [5, 5.41) is 3.06. The van der Waals surface area contributed by atoms with Crippen molar-refractivity contribution >= 4 is 11.8 Å². The summed E-state index contributed by atoms with van der Waals surface area (Å²) < 4.78 is 0. The highest BCUT2D eigenvalue weighted by molar-refractivity contribution is 5.79. The van der Waals surface area contributed by atoms with Crippen LogP contribution < -0.4 is 11.1 Å². The van der Waals surface area contributed by atoms with E-state index in [1.165, 1.54) is 0 Å². The van der Waals surface area contributed by atoms with Crippen LogP contribution in [-0.4, -0.2) is 65.4 Å². The van der Waals surface area contributed by atoms with Crippen LogP contribution in [0.15, 0.2) is 24.5 Å². The zero-order valence-corrected chi connectivity index (χ0v) is 16.7. The lowest BCUT2D eigenvalue weighted by Gasteiger charge is -2.42. The average Bonchev–Trinajstić information content (AvgIpc) is 2.76. The number of piperidine rings is 2. The number of amides is 2. The molecule has 0 radical (unpaired) electrons. The summed E-state index contributed by atoms with van der Waals surface area (Å²) >= 11 is 0. The van der Waals surface area contributed by atoms with Crippen LogP contribution >= 0.6 is 0 Å². The molecule has 2 saturated heterocycles. The summed E-state index contributed by atoms with van der Waals surface area (Å²) in [7, 11) is 0. The molecule has 1 atom stereocenters. The van der Waals surface area contributed by atoms with Gasteiger partial charge in [-0.3, -0.25) is 19.5 Å². The number of pyridine rings is 1. The molecule has 0 unspecified atom stereocenters. The number of carbonyl (C=O) groups excluding carboxylic acids is 2. The van der Waals surface area contributed by atoms with E-state index in [0.29, 0.717) is 25.6 Å². The minimum Gasteiger partial charge on any atom is -0.352 e. The number of hydrogen-bond acceptors (Lipinski definition) is 5. The predicted molar refractivity (Wildman–Crippen MR) is 108 cm³/mol. The van der Waals surface area contributed by atoms with Gasteiger partial charge in [0.2, 0.25) is 11.8 Å². The van der Waals surface area contributed by atoms with Gasteiger partial charge in [-0.1, -0.05) is 6.07 Å². The Morgan fingerprint density at radius 1 is 1.21 bits per heavy atom. The number of nitrogens with zero attached hydrogens (tertiary/aromatic N) is 3. The number of hydrogen-bond donors (Lipinski definition) is 2. The molecule has 0 bridgehead atoms. The maximum Gasteiger partial charge on any atom is 0.224 e. The van der Waals surface area contributed by atoms with E-state index in [2.05, 4.69) is 15.2 Å². The van der Waals surface area contributed by atoms with Crippen molar-refractivity contribution in [1.82, 2.24) is 20.1 Å². The fourth-order valence-electron chi connectivity index (χ4n) is 4.28. The minimum atomic E-state index is 0.0506. The van der Waals surface area contributed by atoms with Crippen LogP contribution in [0.2, 0.25) is 0 Å². The third kappa shape index (κ3) is 5.75. The molecule has 3 N–H and O–H groups in total. The predicted octanol–water partition coefficient (Wildman–Crippen LogP) is 1.14. The molecule has 0 aliphatic carbocycles. The lowest BCUT2D eigenvalue weighted by molar-refractivity contribution is -0.133. The lowest BCUT2D eigenvalue weighted by atomic mass is 9.93. The first-order valence-corrected chi connectivity index (χ1v) is 10.6. The van der Waals surface area contributed by atoms with Crippen molar-refractivity contribution in [3.63, 3.8) is 0 Å². The quantitative estimate of drug-likeness (QED) is 0.732. The summed E-state index contributed by atoms with van der Waals surface area (Å²) in [6.45, 7) is 4.63. The first-order chi connectivity index (χ1) is 13.7. The molecule has 7 heteroatoms. The number of nitrogens with two attached hydrogens (primary N) is 1. The molecule has 2 fully saturated rings. The van der Waals surface area contributed by atoms with E-state index in [4.69, 9.17) is 5.73 Å². The molecule has 2 amide bonds. The maximum atomic E-state index is 12.6. The van der Waals surface area contributed by atoms with Crippen molar-refractivity contribution in [2.75, 3.05) is 32.7 Å². The average molecular weight is 388 g/mol. The third-order valence-corrected chi connectivity index (χ3v) is 5.94. The zero-order valence-electron chi connectivity index (χ0n) is 16.7. The van der Waals surface area contributed by atoms with Crippen molar-refractivity contribution < 1.29 is 9.59 Å². The molecule has 0 saturated carbocycles. The summed E-state index contributed by atoms with van der Waals surface area (Å²) in [5.74, 6) is 0.424. The summed E-state index contributed by atoms with van der Waals surface area (Å²) in [6.07, 6.45) is 8.85. The molecule has 3 rings (SSSR count). The summed E-state index contributed by atoms with van der Waals surface area (Å²) in [5.41, 5.74) is 6.53. The third-order valence-electron chi connectivity index (χ3n) is 5.94. The van der Waals surface area contributed by atoms with E-state index >= 15 is 0 Å². The normalized spacial score (nSPS) is 21.5. The summed E-state index contributed by atoms with van der Waals surface area (Å²) in [6, 6.07) is 4.34. The Bertz CT molecular complexity index is 631. The Morgan fingerprint density at radius 2 is 2.04 bits per heavy atom. The van der Waals surface area contributed by atoms with Gasteiger partial charge in [-0.2, -0.15) is 0 Å². The van der Waals surface area contributed by atoms with Crippen LogP contribution in [0.4, 0.5) is 0 Å². The molecule has 2 aliphatic rings. The van der Waals surface area contributed by atoms with E-state index in [1.54, 1.807) is 12.4 Å². The highest BCUT2D eigenvalue weighted by atomic mass is 16.2. The van der Waals surface area contributed by atoms with Crippen LogP contribution in [0.3, 0.4) is 0 Å². The van der Waals surface area contributed by atoms with Crippen molar-refractivity contribution in [3.8, 4) is 0 Å². The minimum absolute atomic E-state index is 0.0506. The molecule has 1 aromatic heterocycles. The fourth-order valence-corrected chi connectivity index (χ4v) is 4.28. The van der Waals surface area contributed by atoms with Gasteiger partial charge in [0.15, 0.2) is 0 Å². The van der Waals surface area contributed by atoms with Crippen LogP contribution in [0, 0.1) is 5.92 Å². The van der Waals surface area contributed by atoms with E-state index < -0.39 is 0 Å². The molecule has 2 aliphatic heterocycles. The van der Waals surface area contributed by atoms with Gasteiger partial charge in [-0.15, -0.1) is 0 Å². The Hall–Kier alpha value is -1.99. The first-order valence-electron chi connectivity index (χ1n) is 10.6. The Balaban J connectivity index is 1.43.